The maximum absolute atomic E-state index is 10.9. The molecule has 0 aromatic heterocycles. The molecule has 1 rings (SSSR count). The fourth-order valence-corrected chi connectivity index (χ4v) is 2.85. The molecule has 0 N–H and O–H groups in total. The molecular weight excluding hydrogens is 300 g/mol. The normalized spacial score (nSPS) is 20.1. The lowest BCUT2D eigenvalue weighted by atomic mass is 10.1. The van der Waals surface area contributed by atoms with Crippen LogP contribution in [-0.2, 0) is 14.3 Å². The van der Waals surface area contributed by atoms with Crippen molar-refractivity contribution < 1.29 is 14.3 Å². The molecule has 24 heavy (non-hydrogen) atoms. The van der Waals surface area contributed by atoms with Crippen LogP contribution in [0.4, 0.5) is 0 Å². The van der Waals surface area contributed by atoms with Crippen molar-refractivity contribution >= 4 is 5.97 Å². The number of epoxide rings is 1. The van der Waals surface area contributed by atoms with Crippen molar-refractivity contribution in [2.24, 2.45) is 0 Å². The summed E-state index contributed by atoms with van der Waals surface area (Å²) in [6.45, 7) is 2.19. The molecule has 0 amide bonds. The van der Waals surface area contributed by atoms with Gasteiger partial charge in [-0.2, -0.15) is 0 Å². The lowest BCUT2D eigenvalue weighted by molar-refractivity contribution is -0.140. The Hall–Kier alpha value is -1.09. The Morgan fingerprint density at radius 1 is 0.875 bits per heavy atom. The van der Waals surface area contributed by atoms with Crippen LogP contribution in [0.1, 0.15) is 84.0 Å². The number of esters is 1. The summed E-state index contributed by atoms with van der Waals surface area (Å²) in [6.07, 6.45) is 23.7. The smallest absolute Gasteiger partial charge is 0.305 e. The first kappa shape index (κ1) is 21.0. The molecular formula is C21H36O3. The van der Waals surface area contributed by atoms with E-state index in [1.165, 1.54) is 45.6 Å². The van der Waals surface area contributed by atoms with E-state index in [2.05, 4.69) is 36.0 Å². The average molecular weight is 337 g/mol. The van der Waals surface area contributed by atoms with Crippen LogP contribution in [0.25, 0.3) is 0 Å². The molecule has 0 saturated carbocycles. The molecule has 3 nitrogen and oxygen atoms in total. The standard InChI is InChI=1S/C21H36O3/c1-3-19-20(24-19)17-15-13-11-9-7-5-4-6-8-10-12-14-16-18-21(22)23-2/h10,12-13,15,19-20H,3-9,11,14,16-18H2,1-2H3/b12-10-,15-13-. The summed E-state index contributed by atoms with van der Waals surface area (Å²) in [5.74, 6) is -0.107. The number of hydrogen-bond acceptors (Lipinski definition) is 3. The lowest BCUT2D eigenvalue weighted by Gasteiger charge is -1.98. The number of hydrogen-bond donors (Lipinski definition) is 0. The first-order valence-corrected chi connectivity index (χ1v) is 9.80. The maximum atomic E-state index is 10.9. The van der Waals surface area contributed by atoms with E-state index in [0.29, 0.717) is 18.6 Å². The minimum atomic E-state index is -0.107. The summed E-state index contributed by atoms with van der Waals surface area (Å²) in [6, 6.07) is 0. The second-order valence-electron chi connectivity index (χ2n) is 6.61. The van der Waals surface area contributed by atoms with Gasteiger partial charge >= 0.3 is 5.97 Å². The zero-order valence-electron chi connectivity index (χ0n) is 15.7. The number of carbonyl (C=O) groups is 1. The molecule has 2 atom stereocenters. The molecule has 1 saturated heterocycles. The molecule has 0 aromatic rings. The van der Waals surface area contributed by atoms with Crippen LogP contribution in [-0.4, -0.2) is 25.3 Å². The van der Waals surface area contributed by atoms with Crippen LogP contribution in [0.2, 0.25) is 0 Å². The second-order valence-corrected chi connectivity index (χ2v) is 6.61. The predicted octanol–water partition coefficient (Wildman–Crippen LogP) is 5.74. The quantitative estimate of drug-likeness (QED) is 0.166. The number of rotatable bonds is 15. The highest BCUT2D eigenvalue weighted by molar-refractivity contribution is 5.68. The molecule has 138 valence electrons. The van der Waals surface area contributed by atoms with E-state index in [9.17, 15) is 4.79 Å². The van der Waals surface area contributed by atoms with Crippen LogP contribution in [0, 0.1) is 0 Å². The minimum Gasteiger partial charge on any atom is -0.469 e. The molecule has 1 aliphatic rings. The van der Waals surface area contributed by atoms with Crippen LogP contribution in [0.15, 0.2) is 24.3 Å². The highest BCUT2D eigenvalue weighted by Crippen LogP contribution is 2.28. The van der Waals surface area contributed by atoms with Crippen molar-refractivity contribution in [2.75, 3.05) is 7.11 Å². The van der Waals surface area contributed by atoms with Gasteiger partial charge in [-0.15, -0.1) is 0 Å². The van der Waals surface area contributed by atoms with Gasteiger partial charge < -0.3 is 9.47 Å². The number of allylic oxidation sites excluding steroid dienone is 3. The Kier molecular flexibility index (Phi) is 12.5. The van der Waals surface area contributed by atoms with Gasteiger partial charge in [0.1, 0.15) is 0 Å². The zero-order chi connectivity index (χ0) is 17.5. The molecule has 0 radical (unpaired) electrons. The number of methoxy groups -OCH3 is 1. The largest absolute Gasteiger partial charge is 0.469 e. The molecule has 3 heteroatoms. The molecule has 1 heterocycles. The maximum Gasteiger partial charge on any atom is 0.305 e. The van der Waals surface area contributed by atoms with Gasteiger partial charge in [-0.05, 0) is 51.4 Å². The van der Waals surface area contributed by atoms with E-state index in [1.807, 2.05) is 0 Å². The van der Waals surface area contributed by atoms with Gasteiger partial charge in [-0.25, -0.2) is 0 Å². The third-order valence-electron chi connectivity index (χ3n) is 4.51. The van der Waals surface area contributed by atoms with Gasteiger partial charge in [0.15, 0.2) is 0 Å². The summed E-state index contributed by atoms with van der Waals surface area (Å²) >= 11 is 0. The van der Waals surface area contributed by atoms with E-state index >= 15 is 0 Å². The predicted molar refractivity (Wildman–Crippen MR) is 100 cm³/mol. The van der Waals surface area contributed by atoms with Crippen molar-refractivity contribution in [3.8, 4) is 0 Å². The van der Waals surface area contributed by atoms with Crippen molar-refractivity contribution in [1.29, 1.82) is 0 Å². The molecule has 0 aromatic carbocycles. The molecule has 1 aliphatic heterocycles. The summed E-state index contributed by atoms with van der Waals surface area (Å²) in [7, 11) is 1.44. The number of ether oxygens (including phenoxy) is 2. The van der Waals surface area contributed by atoms with Crippen molar-refractivity contribution in [1.82, 2.24) is 0 Å². The SMILES string of the molecule is CCC1OC1C/C=C\CCCCCCC/C=C\CCCC(=O)OC. The Balaban J connectivity index is 1.76. The molecule has 0 aliphatic carbocycles. The van der Waals surface area contributed by atoms with E-state index in [1.54, 1.807) is 0 Å². The number of unbranched alkanes of at least 4 members (excludes halogenated alkanes) is 7. The van der Waals surface area contributed by atoms with Gasteiger partial charge in [0.2, 0.25) is 0 Å². The highest BCUT2D eigenvalue weighted by Gasteiger charge is 2.35. The molecule has 0 spiro atoms. The van der Waals surface area contributed by atoms with Crippen LogP contribution in [0.3, 0.4) is 0 Å². The van der Waals surface area contributed by atoms with Gasteiger partial charge in [0, 0.05) is 6.42 Å². The van der Waals surface area contributed by atoms with E-state index in [4.69, 9.17) is 4.74 Å². The number of carbonyl (C=O) groups excluding carboxylic acids is 1. The van der Waals surface area contributed by atoms with Crippen LogP contribution < -0.4 is 0 Å². The second kappa shape index (κ2) is 14.3. The van der Waals surface area contributed by atoms with E-state index in [-0.39, 0.29) is 5.97 Å². The summed E-state index contributed by atoms with van der Waals surface area (Å²) < 4.78 is 10.1. The van der Waals surface area contributed by atoms with E-state index in [0.717, 1.165) is 32.1 Å². The van der Waals surface area contributed by atoms with E-state index < -0.39 is 0 Å². The average Bonchev–Trinajstić information content (AvgIpc) is 3.36. The fourth-order valence-electron chi connectivity index (χ4n) is 2.85. The zero-order valence-corrected chi connectivity index (χ0v) is 15.7. The van der Waals surface area contributed by atoms with Gasteiger partial charge in [0.25, 0.3) is 0 Å². The lowest BCUT2D eigenvalue weighted by Crippen LogP contribution is -1.98. The monoisotopic (exact) mass is 336 g/mol. The topological polar surface area (TPSA) is 38.8 Å². The van der Waals surface area contributed by atoms with Crippen LogP contribution in [0.5, 0.6) is 0 Å². The Labute approximate surface area is 148 Å². The molecule has 1 fully saturated rings. The highest BCUT2D eigenvalue weighted by atomic mass is 16.6. The first-order chi connectivity index (χ1) is 11.8. The minimum absolute atomic E-state index is 0.107. The third kappa shape index (κ3) is 11.4. The van der Waals surface area contributed by atoms with Gasteiger partial charge in [-0.1, -0.05) is 50.5 Å². The van der Waals surface area contributed by atoms with Gasteiger partial charge in [0.05, 0.1) is 19.3 Å². The first-order valence-electron chi connectivity index (χ1n) is 9.80. The Morgan fingerprint density at radius 2 is 1.46 bits per heavy atom. The molecule has 0 bridgehead atoms. The van der Waals surface area contributed by atoms with Crippen LogP contribution >= 0.6 is 0 Å². The molecule has 2 unspecified atom stereocenters. The summed E-state index contributed by atoms with van der Waals surface area (Å²) in [4.78, 5) is 10.9. The fraction of sp³-hybridized carbons (Fsp3) is 0.762. The Morgan fingerprint density at radius 3 is 2.04 bits per heavy atom. The third-order valence-corrected chi connectivity index (χ3v) is 4.51. The van der Waals surface area contributed by atoms with Gasteiger partial charge in [-0.3, -0.25) is 4.79 Å². The Bertz CT molecular complexity index is 373. The van der Waals surface area contributed by atoms with Crippen molar-refractivity contribution in [2.45, 2.75) is 96.2 Å². The summed E-state index contributed by atoms with van der Waals surface area (Å²) in [5.41, 5.74) is 0. The van der Waals surface area contributed by atoms with Crippen molar-refractivity contribution in [3.63, 3.8) is 0 Å². The summed E-state index contributed by atoms with van der Waals surface area (Å²) in [5, 5.41) is 0. The van der Waals surface area contributed by atoms with Crippen molar-refractivity contribution in [3.05, 3.63) is 24.3 Å².